The van der Waals surface area contributed by atoms with Gasteiger partial charge in [0.2, 0.25) is 10.0 Å². The molecule has 8 heteroatoms. The van der Waals surface area contributed by atoms with Gasteiger partial charge in [-0.15, -0.1) is 11.3 Å². The zero-order valence-electron chi connectivity index (χ0n) is 10.4. The van der Waals surface area contributed by atoms with Gasteiger partial charge in [0.1, 0.15) is 4.21 Å². The van der Waals surface area contributed by atoms with E-state index in [2.05, 4.69) is 11.3 Å². The van der Waals surface area contributed by atoms with Crippen LogP contribution in [0.1, 0.15) is 17.3 Å². The first-order valence-corrected chi connectivity index (χ1v) is 7.73. The summed E-state index contributed by atoms with van der Waals surface area (Å²) in [6.45, 7) is 6.18. The second kappa shape index (κ2) is 6.80. The normalized spacial score (nSPS) is 11.4. The second-order valence-electron chi connectivity index (χ2n) is 3.87. The van der Waals surface area contributed by atoms with Gasteiger partial charge in [-0.1, -0.05) is 12.2 Å². The van der Waals surface area contributed by atoms with Crippen LogP contribution in [0.2, 0.25) is 0 Å². The molecule has 0 saturated carbocycles. The molecule has 6 nitrogen and oxygen atoms in total. The maximum Gasteiger partial charge on any atom is 0.336 e. The Balaban J connectivity index is 2.51. The van der Waals surface area contributed by atoms with E-state index in [1.165, 1.54) is 5.38 Å². The Labute approximate surface area is 115 Å². The van der Waals surface area contributed by atoms with E-state index in [4.69, 9.17) is 9.84 Å². The van der Waals surface area contributed by atoms with E-state index in [0.717, 1.165) is 23.0 Å². The molecule has 0 saturated heterocycles. The number of sulfonamides is 1. The first-order chi connectivity index (χ1) is 8.83. The molecule has 1 rings (SSSR count). The highest BCUT2D eigenvalue weighted by molar-refractivity contribution is 7.91. The zero-order chi connectivity index (χ0) is 14.5. The lowest BCUT2D eigenvalue weighted by molar-refractivity contribution is 0.0697. The number of aromatic carboxylic acids is 1. The molecule has 1 heterocycles. The lowest BCUT2D eigenvalue weighted by Crippen LogP contribution is -2.27. The van der Waals surface area contributed by atoms with Crippen LogP contribution >= 0.6 is 11.3 Å². The van der Waals surface area contributed by atoms with E-state index < -0.39 is 16.0 Å². The van der Waals surface area contributed by atoms with Crippen LogP contribution in [0.25, 0.3) is 0 Å². The minimum atomic E-state index is -3.67. The Bertz CT molecular complexity index is 561. The summed E-state index contributed by atoms with van der Waals surface area (Å²) in [7, 11) is -3.67. The van der Waals surface area contributed by atoms with E-state index in [-0.39, 0.29) is 22.9 Å². The van der Waals surface area contributed by atoms with Crippen LogP contribution in [0.15, 0.2) is 27.8 Å². The SMILES string of the molecule is C=C(C)COCCNS(=O)(=O)c1cc(C(=O)O)cs1. The maximum atomic E-state index is 11.8. The van der Waals surface area contributed by atoms with Gasteiger partial charge in [0.15, 0.2) is 0 Å². The van der Waals surface area contributed by atoms with Crippen LogP contribution in [0, 0.1) is 0 Å². The summed E-state index contributed by atoms with van der Waals surface area (Å²) in [4.78, 5) is 10.7. The predicted octanol–water partition coefficient (Wildman–Crippen LogP) is 1.32. The van der Waals surface area contributed by atoms with E-state index in [1.807, 2.05) is 6.92 Å². The van der Waals surface area contributed by atoms with Crippen LogP contribution in [-0.4, -0.2) is 39.3 Å². The first kappa shape index (κ1) is 15.8. The van der Waals surface area contributed by atoms with Gasteiger partial charge in [-0.3, -0.25) is 0 Å². The molecule has 2 N–H and O–H groups in total. The fourth-order valence-electron chi connectivity index (χ4n) is 1.14. The van der Waals surface area contributed by atoms with Crippen molar-refractivity contribution in [2.45, 2.75) is 11.1 Å². The highest BCUT2D eigenvalue weighted by atomic mass is 32.2. The molecule has 0 radical (unpaired) electrons. The number of carboxylic acid groups (broad SMARTS) is 1. The quantitative estimate of drug-likeness (QED) is 0.558. The van der Waals surface area contributed by atoms with E-state index in [9.17, 15) is 13.2 Å². The molecule has 0 spiro atoms. The van der Waals surface area contributed by atoms with Gasteiger partial charge in [0.05, 0.1) is 18.8 Å². The average Bonchev–Trinajstić information content (AvgIpc) is 2.77. The summed E-state index contributed by atoms with van der Waals surface area (Å²) in [6.07, 6.45) is 0. The van der Waals surface area contributed by atoms with Gasteiger partial charge in [-0.2, -0.15) is 0 Å². The van der Waals surface area contributed by atoms with Crippen molar-refractivity contribution in [3.8, 4) is 0 Å². The van der Waals surface area contributed by atoms with Gasteiger partial charge < -0.3 is 9.84 Å². The molecule has 0 atom stereocenters. The molecule has 0 aliphatic rings. The number of nitrogens with one attached hydrogen (secondary N) is 1. The van der Waals surface area contributed by atoms with Gasteiger partial charge in [0.25, 0.3) is 0 Å². The molecule has 1 aromatic rings. The van der Waals surface area contributed by atoms with Crippen LogP contribution in [-0.2, 0) is 14.8 Å². The number of hydrogen-bond donors (Lipinski definition) is 2. The smallest absolute Gasteiger partial charge is 0.336 e. The standard InChI is InChI=1S/C11H15NO5S2/c1-8(2)6-17-4-3-12-19(15,16)10-5-9(7-18-10)11(13)14/h5,7,12H,1,3-4,6H2,2H3,(H,13,14). The number of thiophene rings is 1. The van der Waals surface area contributed by atoms with Crippen molar-refractivity contribution in [3.63, 3.8) is 0 Å². The van der Waals surface area contributed by atoms with Crippen molar-refractivity contribution in [1.82, 2.24) is 4.72 Å². The van der Waals surface area contributed by atoms with Crippen LogP contribution in [0.4, 0.5) is 0 Å². The van der Waals surface area contributed by atoms with Crippen LogP contribution < -0.4 is 4.72 Å². The molecule has 1 aromatic heterocycles. The summed E-state index contributed by atoms with van der Waals surface area (Å²) in [5.74, 6) is -1.15. The summed E-state index contributed by atoms with van der Waals surface area (Å²) in [6, 6.07) is 1.13. The van der Waals surface area contributed by atoms with Crippen molar-refractivity contribution < 1.29 is 23.1 Å². The number of carboxylic acids is 1. The summed E-state index contributed by atoms with van der Waals surface area (Å²) in [5, 5.41) is 10.0. The van der Waals surface area contributed by atoms with Gasteiger partial charge in [-0.25, -0.2) is 17.9 Å². The lowest BCUT2D eigenvalue weighted by atomic mass is 10.4. The monoisotopic (exact) mass is 305 g/mol. The molecule has 0 aliphatic heterocycles. The molecule has 0 amide bonds. The molecule has 0 fully saturated rings. The number of ether oxygens (including phenoxy) is 1. The van der Waals surface area contributed by atoms with Gasteiger partial charge in [0, 0.05) is 11.9 Å². The Kier molecular flexibility index (Phi) is 5.67. The first-order valence-electron chi connectivity index (χ1n) is 5.36. The number of hydrogen-bond acceptors (Lipinski definition) is 5. The number of rotatable bonds is 8. The molecule has 106 valence electrons. The fourth-order valence-corrected chi connectivity index (χ4v) is 3.35. The Morgan fingerprint density at radius 3 is 2.79 bits per heavy atom. The van der Waals surface area contributed by atoms with Crippen LogP contribution in [0.3, 0.4) is 0 Å². The fraction of sp³-hybridized carbons (Fsp3) is 0.364. The highest BCUT2D eigenvalue weighted by Crippen LogP contribution is 2.19. The largest absolute Gasteiger partial charge is 0.478 e. The highest BCUT2D eigenvalue weighted by Gasteiger charge is 2.18. The molecule has 0 bridgehead atoms. The van der Waals surface area contributed by atoms with Crippen molar-refractivity contribution >= 4 is 27.3 Å². The Morgan fingerprint density at radius 1 is 1.58 bits per heavy atom. The van der Waals surface area contributed by atoms with E-state index >= 15 is 0 Å². The predicted molar refractivity (Wildman–Crippen MR) is 72.1 cm³/mol. The Morgan fingerprint density at radius 2 is 2.26 bits per heavy atom. The van der Waals surface area contributed by atoms with Gasteiger partial charge >= 0.3 is 5.97 Å². The van der Waals surface area contributed by atoms with Crippen LogP contribution in [0.5, 0.6) is 0 Å². The minimum absolute atomic E-state index is 0.0233. The summed E-state index contributed by atoms with van der Waals surface area (Å²) < 4.78 is 31.1. The Hall–Kier alpha value is -1.22. The van der Waals surface area contributed by atoms with E-state index in [0.29, 0.717) is 6.61 Å². The third kappa shape index (κ3) is 5.11. The molecular formula is C11H15NO5S2. The summed E-state index contributed by atoms with van der Waals surface area (Å²) in [5.41, 5.74) is 0.816. The third-order valence-electron chi connectivity index (χ3n) is 1.97. The number of carbonyl (C=O) groups is 1. The molecule has 0 aliphatic carbocycles. The summed E-state index contributed by atoms with van der Waals surface area (Å²) >= 11 is 0.867. The third-order valence-corrected chi connectivity index (χ3v) is 4.87. The van der Waals surface area contributed by atoms with Crippen molar-refractivity contribution in [3.05, 3.63) is 29.2 Å². The van der Waals surface area contributed by atoms with E-state index in [1.54, 1.807) is 0 Å². The molecule has 19 heavy (non-hydrogen) atoms. The average molecular weight is 305 g/mol. The van der Waals surface area contributed by atoms with Crippen molar-refractivity contribution in [2.75, 3.05) is 19.8 Å². The topological polar surface area (TPSA) is 92.7 Å². The molecule has 0 aromatic carbocycles. The van der Waals surface area contributed by atoms with Crippen molar-refractivity contribution in [1.29, 1.82) is 0 Å². The minimum Gasteiger partial charge on any atom is -0.478 e. The molecule has 0 unspecified atom stereocenters. The maximum absolute atomic E-state index is 11.8. The lowest BCUT2D eigenvalue weighted by Gasteiger charge is -2.05. The van der Waals surface area contributed by atoms with Crippen molar-refractivity contribution in [2.24, 2.45) is 0 Å². The zero-order valence-corrected chi connectivity index (χ0v) is 12.0. The molecular weight excluding hydrogens is 290 g/mol. The second-order valence-corrected chi connectivity index (χ2v) is 6.77. The van der Waals surface area contributed by atoms with Gasteiger partial charge in [-0.05, 0) is 13.0 Å².